The molecule has 0 aliphatic heterocycles. The summed E-state index contributed by atoms with van der Waals surface area (Å²) < 4.78 is 49.0. The molecule has 3 aromatic rings. The lowest BCUT2D eigenvalue weighted by Crippen LogP contribution is -2.62. The van der Waals surface area contributed by atoms with Crippen LogP contribution in [0, 0.1) is 29.3 Å². The van der Waals surface area contributed by atoms with Crippen LogP contribution in [0.15, 0.2) is 30.3 Å². The van der Waals surface area contributed by atoms with Crippen LogP contribution in [0.2, 0.25) is 5.02 Å². The van der Waals surface area contributed by atoms with Crippen LogP contribution in [0.4, 0.5) is 18.0 Å². The Morgan fingerprint density at radius 3 is 2.51 bits per heavy atom. The Morgan fingerprint density at radius 2 is 1.87 bits per heavy atom. The lowest BCUT2D eigenvalue weighted by Gasteiger charge is -2.39. The monoisotopic (exact) mass is 691 g/mol. The Balaban J connectivity index is 1.43. The largest absolute Gasteiger partial charge is 0.423 e. The van der Waals surface area contributed by atoms with Crippen LogP contribution in [-0.2, 0) is 33.6 Å². The Morgan fingerprint density at radius 1 is 1.17 bits per heavy atom. The van der Waals surface area contributed by atoms with E-state index in [1.807, 2.05) is 6.92 Å². The Kier molecular flexibility index (Phi) is 10.4. The second-order valence-corrected chi connectivity index (χ2v) is 13.4. The molecular formula is C33H37ClF3N5O4S. The minimum atomic E-state index is -1.64. The molecule has 0 radical (unpaired) electrons. The number of H-pyrrole nitrogens is 1. The van der Waals surface area contributed by atoms with Crippen molar-refractivity contribution in [3.05, 3.63) is 69.6 Å². The number of nitrogens with two attached hydrogens (primary N) is 1. The van der Waals surface area contributed by atoms with Crippen molar-refractivity contribution in [2.45, 2.75) is 83.0 Å². The van der Waals surface area contributed by atoms with Gasteiger partial charge in [-0.1, -0.05) is 63.0 Å². The number of carbonyl (C=O) groups excluding carboxylic acids is 3. The molecule has 2 aliphatic carbocycles. The van der Waals surface area contributed by atoms with Gasteiger partial charge in [0.2, 0.25) is 11.8 Å². The Bertz CT molecular complexity index is 1700. The summed E-state index contributed by atoms with van der Waals surface area (Å²) in [4.78, 5) is 43.8. The Hall–Kier alpha value is -3.84. The van der Waals surface area contributed by atoms with Gasteiger partial charge in [0.15, 0.2) is 5.72 Å². The molecule has 47 heavy (non-hydrogen) atoms. The van der Waals surface area contributed by atoms with E-state index in [1.54, 1.807) is 6.92 Å². The number of benzene rings is 2. The fourth-order valence-corrected chi connectivity index (χ4v) is 6.44. The molecule has 2 aromatic carbocycles. The fourth-order valence-electron chi connectivity index (χ4n) is 6.04. The van der Waals surface area contributed by atoms with Crippen molar-refractivity contribution >= 4 is 57.6 Å². The quantitative estimate of drug-likeness (QED) is 0.126. The van der Waals surface area contributed by atoms with E-state index in [-0.39, 0.29) is 22.9 Å². The van der Waals surface area contributed by atoms with Crippen LogP contribution < -0.4 is 21.7 Å². The number of halogens is 4. The van der Waals surface area contributed by atoms with Crippen molar-refractivity contribution in [2.24, 2.45) is 17.6 Å². The van der Waals surface area contributed by atoms with Gasteiger partial charge in [-0.05, 0) is 54.5 Å². The zero-order chi connectivity index (χ0) is 34.0. The van der Waals surface area contributed by atoms with Crippen LogP contribution in [0.25, 0.3) is 10.9 Å². The molecule has 1 fully saturated rings. The van der Waals surface area contributed by atoms with E-state index in [2.05, 4.69) is 20.9 Å². The van der Waals surface area contributed by atoms with E-state index in [0.29, 0.717) is 41.6 Å². The molecule has 1 heterocycles. The van der Waals surface area contributed by atoms with Gasteiger partial charge in [-0.3, -0.25) is 9.59 Å². The number of aromatic nitrogens is 1. The van der Waals surface area contributed by atoms with Crippen molar-refractivity contribution in [1.29, 1.82) is 0 Å². The van der Waals surface area contributed by atoms with Crippen LogP contribution in [0.3, 0.4) is 0 Å². The van der Waals surface area contributed by atoms with Gasteiger partial charge in [-0.25, -0.2) is 18.0 Å². The molecule has 6 N–H and O–H groups in total. The third kappa shape index (κ3) is 8.01. The predicted molar refractivity (Wildman–Crippen MR) is 175 cm³/mol. The maximum absolute atomic E-state index is 14.5. The number of aromatic amines is 1. The van der Waals surface area contributed by atoms with Gasteiger partial charge < -0.3 is 31.4 Å². The van der Waals surface area contributed by atoms with Gasteiger partial charge in [0, 0.05) is 29.5 Å². The normalized spacial score (nSPS) is 19.3. The van der Waals surface area contributed by atoms with E-state index in [1.165, 1.54) is 18.2 Å². The van der Waals surface area contributed by atoms with Crippen molar-refractivity contribution in [2.75, 3.05) is 0 Å². The molecule has 0 spiro atoms. The van der Waals surface area contributed by atoms with Crippen LogP contribution in [0.5, 0.6) is 0 Å². The van der Waals surface area contributed by atoms with Crippen molar-refractivity contribution in [3.8, 4) is 0 Å². The summed E-state index contributed by atoms with van der Waals surface area (Å²) in [5, 5.41) is 8.86. The first kappa shape index (κ1) is 34.5. The number of fused-ring (bicyclic) bond motifs is 3. The van der Waals surface area contributed by atoms with E-state index < -0.39 is 71.1 Å². The molecule has 1 unspecified atom stereocenters. The number of hydrogen-bond donors (Lipinski definition) is 5. The second kappa shape index (κ2) is 14.1. The molecule has 1 aromatic heterocycles. The molecule has 1 saturated carbocycles. The highest BCUT2D eigenvalue weighted by molar-refractivity contribution is 7.80. The maximum atomic E-state index is 14.5. The van der Waals surface area contributed by atoms with E-state index in [0.717, 1.165) is 30.7 Å². The van der Waals surface area contributed by atoms with Crippen molar-refractivity contribution < 1.29 is 32.3 Å². The third-order valence-electron chi connectivity index (χ3n) is 9.01. The summed E-state index contributed by atoms with van der Waals surface area (Å²) in [6.07, 6.45) is 1.89. The van der Waals surface area contributed by atoms with Crippen LogP contribution >= 0.6 is 23.8 Å². The topological polar surface area (TPSA) is 138 Å². The van der Waals surface area contributed by atoms with Crippen LogP contribution in [-0.4, -0.2) is 45.7 Å². The highest BCUT2D eigenvalue weighted by atomic mass is 35.5. The van der Waals surface area contributed by atoms with E-state index in [9.17, 15) is 27.6 Å². The second-order valence-electron chi connectivity index (χ2n) is 12.5. The van der Waals surface area contributed by atoms with Crippen molar-refractivity contribution in [1.82, 2.24) is 20.9 Å². The highest BCUT2D eigenvalue weighted by Crippen LogP contribution is 2.38. The molecule has 0 bridgehead atoms. The number of aryl methyl sites for hydroxylation is 1. The van der Waals surface area contributed by atoms with Gasteiger partial charge in [0.1, 0.15) is 23.5 Å². The number of nitrogens with one attached hydrogen (secondary N) is 4. The zero-order valence-electron chi connectivity index (χ0n) is 26.0. The lowest BCUT2D eigenvalue weighted by molar-refractivity contribution is -0.136. The zero-order valence-corrected chi connectivity index (χ0v) is 27.6. The van der Waals surface area contributed by atoms with Gasteiger partial charge in [0.25, 0.3) is 0 Å². The number of thiocarbonyl (C=S) groups is 1. The summed E-state index contributed by atoms with van der Waals surface area (Å²) in [6, 6.07) is 4.02. The summed E-state index contributed by atoms with van der Waals surface area (Å²) in [5.74, 6) is -3.81. The summed E-state index contributed by atoms with van der Waals surface area (Å²) in [6.45, 7) is 3.56. The minimum absolute atomic E-state index is 0.0523. The molecule has 2 aliphatic rings. The molecule has 14 heteroatoms. The average molecular weight is 692 g/mol. The molecule has 9 nitrogen and oxygen atoms in total. The predicted octanol–water partition coefficient (Wildman–Crippen LogP) is 5.49. The minimum Gasteiger partial charge on any atom is -0.423 e. The lowest BCUT2D eigenvalue weighted by atomic mass is 9.87. The molecule has 0 saturated heterocycles. The van der Waals surface area contributed by atoms with Gasteiger partial charge >= 0.3 is 6.09 Å². The van der Waals surface area contributed by atoms with Crippen LogP contribution in [0.1, 0.15) is 62.8 Å². The maximum Gasteiger partial charge on any atom is 0.409 e. The highest BCUT2D eigenvalue weighted by Gasteiger charge is 2.44. The standard InChI is InChI=1S/C33H37ClF3N5O4S/c1-3-16(2)28(41-27(43)14-20-23(36)5-4-6-24(20)37)31(44)42-33(46-32(45)40-26(30(38)47)11-17-7-8-17)10-9-25-21(15-33)19-12-18(35)13-22(34)29(19)39-25/h4-6,12-13,16-17,26,28,39H,3,7-11,14-15H2,1-2H3,(H2,38,47)(H,40,45)(H,41,43)(H,42,44)/t16?,26-,28-,33+/m0/s1. The molecule has 252 valence electrons. The number of carbonyl (C=O) groups is 3. The SMILES string of the molecule is CCC(C)[C@H](NC(=O)Cc1c(F)cccc1F)C(=O)N[C@@]1(OC(=O)N[C@@H](CC2CC2)C(N)=S)CCc2[nH]c3c(Cl)cc(F)cc3c2C1. The van der Waals surface area contributed by atoms with Crippen molar-refractivity contribution in [3.63, 3.8) is 0 Å². The number of amides is 3. The van der Waals surface area contributed by atoms with Gasteiger partial charge in [-0.2, -0.15) is 0 Å². The summed E-state index contributed by atoms with van der Waals surface area (Å²) >= 11 is 11.5. The van der Waals surface area contributed by atoms with Gasteiger partial charge in [-0.15, -0.1) is 0 Å². The number of alkyl carbamates (subject to hydrolysis) is 1. The third-order valence-corrected chi connectivity index (χ3v) is 9.60. The smallest absolute Gasteiger partial charge is 0.409 e. The van der Waals surface area contributed by atoms with Gasteiger partial charge in [0.05, 0.1) is 28.0 Å². The van der Waals surface area contributed by atoms with E-state index in [4.69, 9.17) is 34.3 Å². The first-order valence-corrected chi connectivity index (χ1v) is 16.4. The number of hydrogen-bond acceptors (Lipinski definition) is 5. The molecule has 4 atom stereocenters. The first-order valence-electron chi connectivity index (χ1n) is 15.6. The average Bonchev–Trinajstić information content (AvgIpc) is 3.76. The molecule has 3 amide bonds. The number of ether oxygens (including phenoxy) is 1. The first-order chi connectivity index (χ1) is 22.3. The fraction of sp³-hybridized carbons (Fsp3) is 0.455. The summed E-state index contributed by atoms with van der Waals surface area (Å²) in [5.41, 5.74) is 5.70. The van der Waals surface area contributed by atoms with E-state index >= 15 is 0 Å². The Labute approximate surface area is 280 Å². The number of rotatable bonds is 12. The summed E-state index contributed by atoms with van der Waals surface area (Å²) in [7, 11) is 0. The molecule has 5 rings (SSSR count). The molecular weight excluding hydrogens is 655 g/mol.